The van der Waals surface area contributed by atoms with Gasteiger partial charge in [0, 0.05) is 12.6 Å². The summed E-state index contributed by atoms with van der Waals surface area (Å²) in [5.41, 5.74) is 0.706. The molecule has 1 aromatic rings. The van der Waals surface area contributed by atoms with Gasteiger partial charge in [0.05, 0.1) is 13.1 Å². The van der Waals surface area contributed by atoms with Crippen molar-refractivity contribution in [2.75, 3.05) is 13.1 Å². The van der Waals surface area contributed by atoms with Gasteiger partial charge in [0.1, 0.15) is 0 Å². The monoisotopic (exact) mass is 380 g/mol. The van der Waals surface area contributed by atoms with Gasteiger partial charge in [-0.3, -0.25) is 4.79 Å². The van der Waals surface area contributed by atoms with Gasteiger partial charge in [-0.05, 0) is 57.3 Å². The summed E-state index contributed by atoms with van der Waals surface area (Å²) in [7, 11) is 0. The molecule has 2 heterocycles. The highest BCUT2D eigenvalue weighted by atomic mass is 79.9. The Morgan fingerprint density at radius 2 is 2.35 bits per heavy atom. The number of piperidine rings is 1. The number of hydrogen-bond donors (Lipinski definition) is 2. The minimum Gasteiger partial charge on any atom is -0.350 e. The van der Waals surface area contributed by atoms with Crippen LogP contribution in [0, 0.1) is 0 Å². The molecule has 6 heteroatoms. The first-order chi connectivity index (χ1) is 8.16. The molecule has 1 atom stereocenters. The van der Waals surface area contributed by atoms with Crippen LogP contribution in [0.1, 0.15) is 29.6 Å². The lowest BCUT2D eigenvalue weighted by Crippen LogP contribution is -2.43. The van der Waals surface area contributed by atoms with Gasteiger partial charge >= 0.3 is 0 Å². The Balaban J connectivity index is 1.86. The van der Waals surface area contributed by atoms with E-state index in [4.69, 9.17) is 0 Å². The molecule has 17 heavy (non-hydrogen) atoms. The molecule has 1 aliphatic rings. The number of hydrogen-bond acceptors (Lipinski definition) is 3. The fourth-order valence-electron chi connectivity index (χ4n) is 1.90. The van der Waals surface area contributed by atoms with E-state index in [0.717, 1.165) is 20.5 Å². The summed E-state index contributed by atoms with van der Waals surface area (Å²) in [5.74, 6) is -0.00815. The third-order valence-electron chi connectivity index (χ3n) is 2.82. The molecule has 94 valence electrons. The number of amides is 1. The second-order valence-corrected chi connectivity index (χ2v) is 7.84. The molecule has 0 bridgehead atoms. The lowest BCUT2D eigenvalue weighted by molar-refractivity contribution is 0.0947. The number of rotatable bonds is 3. The number of nitrogens with one attached hydrogen (secondary N) is 2. The first-order valence-electron chi connectivity index (χ1n) is 5.63. The molecule has 2 N–H and O–H groups in total. The Bertz CT molecular complexity index is 402. The molecule has 0 radical (unpaired) electrons. The van der Waals surface area contributed by atoms with Crippen LogP contribution in [0.4, 0.5) is 0 Å². The van der Waals surface area contributed by atoms with E-state index in [1.54, 1.807) is 0 Å². The Labute approximate surface area is 122 Å². The molecule has 1 aliphatic heterocycles. The number of thiophene rings is 1. The molecule has 1 aromatic heterocycles. The van der Waals surface area contributed by atoms with Crippen molar-refractivity contribution in [2.45, 2.75) is 25.3 Å². The molecule has 0 aromatic carbocycles. The van der Waals surface area contributed by atoms with Crippen molar-refractivity contribution in [2.24, 2.45) is 0 Å². The Morgan fingerprint density at radius 1 is 1.53 bits per heavy atom. The fraction of sp³-hybridized carbons (Fsp3) is 0.545. The van der Waals surface area contributed by atoms with Crippen molar-refractivity contribution < 1.29 is 4.79 Å². The standard InChI is InChI=1S/C11H14Br2N2OS/c12-9-5-8(10(13)17-9)11(16)15-6-7-3-1-2-4-14-7/h5,7,14H,1-4,6H2,(H,15,16). The summed E-state index contributed by atoms with van der Waals surface area (Å²) in [6, 6.07) is 2.27. The van der Waals surface area contributed by atoms with Gasteiger partial charge in [-0.1, -0.05) is 6.42 Å². The van der Waals surface area contributed by atoms with Gasteiger partial charge in [-0.2, -0.15) is 0 Å². The Hall–Kier alpha value is 0.0900. The van der Waals surface area contributed by atoms with E-state index in [9.17, 15) is 4.79 Å². The number of halogens is 2. The average Bonchev–Trinajstić information content (AvgIpc) is 2.67. The van der Waals surface area contributed by atoms with Crippen molar-refractivity contribution in [3.8, 4) is 0 Å². The van der Waals surface area contributed by atoms with Crippen LogP contribution >= 0.6 is 43.2 Å². The minimum atomic E-state index is -0.00815. The van der Waals surface area contributed by atoms with Crippen molar-refractivity contribution in [1.82, 2.24) is 10.6 Å². The molecule has 1 amide bonds. The maximum atomic E-state index is 11.9. The maximum Gasteiger partial charge on any atom is 0.253 e. The van der Waals surface area contributed by atoms with E-state index in [0.29, 0.717) is 18.2 Å². The largest absolute Gasteiger partial charge is 0.350 e. The number of carbonyl (C=O) groups is 1. The molecular weight excluding hydrogens is 368 g/mol. The summed E-state index contributed by atoms with van der Waals surface area (Å²) in [5, 5.41) is 6.39. The third kappa shape index (κ3) is 3.77. The van der Waals surface area contributed by atoms with E-state index >= 15 is 0 Å². The molecule has 1 saturated heterocycles. The highest BCUT2D eigenvalue weighted by Crippen LogP contribution is 2.31. The van der Waals surface area contributed by atoms with Gasteiger partial charge in [-0.25, -0.2) is 0 Å². The van der Waals surface area contributed by atoms with Gasteiger partial charge in [0.15, 0.2) is 0 Å². The quantitative estimate of drug-likeness (QED) is 0.844. The second-order valence-electron chi connectivity index (χ2n) is 4.09. The number of carbonyl (C=O) groups excluding carboxylic acids is 1. The van der Waals surface area contributed by atoms with Crippen LogP contribution in [0.25, 0.3) is 0 Å². The minimum absolute atomic E-state index is 0.00815. The molecule has 1 fully saturated rings. The van der Waals surface area contributed by atoms with E-state index in [-0.39, 0.29) is 5.91 Å². The topological polar surface area (TPSA) is 41.1 Å². The molecule has 3 nitrogen and oxygen atoms in total. The van der Waals surface area contributed by atoms with Crippen molar-refractivity contribution >= 4 is 49.1 Å². The molecule has 2 rings (SSSR count). The summed E-state index contributed by atoms with van der Waals surface area (Å²) in [4.78, 5) is 11.9. The summed E-state index contributed by atoms with van der Waals surface area (Å²) in [6.45, 7) is 1.77. The van der Waals surface area contributed by atoms with Crippen LogP contribution < -0.4 is 10.6 Å². The molecule has 0 aliphatic carbocycles. The first-order valence-corrected chi connectivity index (χ1v) is 8.03. The Morgan fingerprint density at radius 3 is 2.94 bits per heavy atom. The second kappa shape index (κ2) is 6.31. The van der Waals surface area contributed by atoms with Crippen LogP contribution in [0.5, 0.6) is 0 Å². The van der Waals surface area contributed by atoms with Crippen LogP contribution in [0.15, 0.2) is 13.6 Å². The molecule has 1 unspecified atom stereocenters. The summed E-state index contributed by atoms with van der Waals surface area (Å²) >= 11 is 8.29. The van der Waals surface area contributed by atoms with Crippen molar-refractivity contribution in [1.29, 1.82) is 0 Å². The smallest absolute Gasteiger partial charge is 0.253 e. The van der Waals surface area contributed by atoms with Crippen LogP contribution in [0.2, 0.25) is 0 Å². The van der Waals surface area contributed by atoms with Crippen molar-refractivity contribution in [3.63, 3.8) is 0 Å². The van der Waals surface area contributed by atoms with Crippen LogP contribution in [0.3, 0.4) is 0 Å². The van der Waals surface area contributed by atoms with Crippen LogP contribution in [-0.2, 0) is 0 Å². The molecular formula is C11H14Br2N2OS. The third-order valence-corrected chi connectivity index (χ3v) is 5.16. The van der Waals surface area contributed by atoms with E-state index in [2.05, 4.69) is 42.5 Å². The van der Waals surface area contributed by atoms with Gasteiger partial charge < -0.3 is 10.6 Å². The first kappa shape index (κ1) is 13.5. The summed E-state index contributed by atoms with van der Waals surface area (Å²) < 4.78 is 1.84. The van der Waals surface area contributed by atoms with E-state index in [1.165, 1.54) is 24.2 Å². The lowest BCUT2D eigenvalue weighted by Gasteiger charge is -2.23. The Kier molecular flexibility index (Phi) is 5.02. The highest BCUT2D eigenvalue weighted by Gasteiger charge is 2.16. The summed E-state index contributed by atoms with van der Waals surface area (Å²) in [6.07, 6.45) is 3.64. The normalized spacial score (nSPS) is 20.2. The molecule has 0 saturated carbocycles. The zero-order valence-corrected chi connectivity index (χ0v) is 13.3. The zero-order chi connectivity index (χ0) is 12.3. The predicted octanol–water partition coefficient (Wildman–Crippen LogP) is 3.15. The van der Waals surface area contributed by atoms with Gasteiger partial charge in [-0.15, -0.1) is 11.3 Å². The fourth-order valence-corrected chi connectivity index (χ4v) is 4.70. The lowest BCUT2D eigenvalue weighted by atomic mass is 10.1. The van der Waals surface area contributed by atoms with Crippen molar-refractivity contribution in [3.05, 3.63) is 19.2 Å². The predicted molar refractivity (Wildman–Crippen MR) is 77.7 cm³/mol. The average molecular weight is 382 g/mol. The van der Waals surface area contributed by atoms with Gasteiger partial charge in [0.25, 0.3) is 5.91 Å². The van der Waals surface area contributed by atoms with E-state index in [1.807, 2.05) is 6.07 Å². The maximum absolute atomic E-state index is 11.9. The zero-order valence-electron chi connectivity index (χ0n) is 9.26. The van der Waals surface area contributed by atoms with Gasteiger partial charge in [0.2, 0.25) is 0 Å². The van der Waals surface area contributed by atoms with E-state index < -0.39 is 0 Å². The highest BCUT2D eigenvalue weighted by molar-refractivity contribution is 9.12. The molecule has 0 spiro atoms. The van der Waals surface area contributed by atoms with Crippen LogP contribution in [-0.4, -0.2) is 25.0 Å². The SMILES string of the molecule is O=C(NCC1CCCCN1)c1cc(Br)sc1Br.